The maximum absolute atomic E-state index is 13.5. The fourth-order valence-electron chi connectivity index (χ4n) is 2.99. The molecule has 2 N–H and O–H groups in total. The molecule has 2 aromatic carbocycles. The maximum atomic E-state index is 13.5. The summed E-state index contributed by atoms with van der Waals surface area (Å²) in [5, 5.41) is 2.45. The molecule has 1 amide bonds. The number of ether oxygens (including phenoxy) is 1. The van der Waals surface area contributed by atoms with Gasteiger partial charge in [-0.2, -0.15) is 0 Å². The number of benzene rings is 2. The minimum Gasteiger partial charge on any atom is -0.482 e. The van der Waals surface area contributed by atoms with Crippen LogP contribution in [-0.2, 0) is 14.8 Å². The Labute approximate surface area is 168 Å². The Morgan fingerprint density at radius 2 is 1.89 bits per heavy atom. The van der Waals surface area contributed by atoms with Gasteiger partial charge in [0.25, 0.3) is 5.91 Å². The maximum Gasteiger partial charge on any atom is 0.262 e. The van der Waals surface area contributed by atoms with E-state index in [1.54, 1.807) is 6.07 Å². The lowest BCUT2D eigenvalue weighted by molar-refractivity contribution is -0.118. The number of carbonyl (C=O) groups excluding carboxylic acids is 1. The number of carbonyl (C=O) groups is 1. The highest BCUT2D eigenvalue weighted by molar-refractivity contribution is 7.89. The summed E-state index contributed by atoms with van der Waals surface area (Å²) in [6, 6.07) is 9.75. The SMILES string of the molecule is O=C(COc1ccc(S(=O)(=O)NC2CCCC2)cc1Cl)Nc1ccccc1F. The molecule has 150 valence electrons. The second-order valence-electron chi connectivity index (χ2n) is 6.51. The summed E-state index contributed by atoms with van der Waals surface area (Å²) >= 11 is 6.11. The molecule has 3 rings (SSSR count). The van der Waals surface area contributed by atoms with Gasteiger partial charge in [-0.1, -0.05) is 36.6 Å². The minimum atomic E-state index is -3.67. The van der Waals surface area contributed by atoms with E-state index < -0.39 is 28.4 Å². The van der Waals surface area contributed by atoms with Crippen LogP contribution < -0.4 is 14.8 Å². The van der Waals surface area contributed by atoms with E-state index in [1.165, 1.54) is 36.4 Å². The van der Waals surface area contributed by atoms with Gasteiger partial charge in [0.1, 0.15) is 11.6 Å². The lowest BCUT2D eigenvalue weighted by atomic mass is 10.3. The third-order valence-corrected chi connectivity index (χ3v) is 6.21. The molecule has 0 radical (unpaired) electrons. The van der Waals surface area contributed by atoms with Crippen molar-refractivity contribution in [1.82, 2.24) is 4.72 Å². The zero-order valence-electron chi connectivity index (χ0n) is 15.0. The van der Waals surface area contributed by atoms with Crippen molar-refractivity contribution >= 4 is 33.2 Å². The van der Waals surface area contributed by atoms with E-state index in [0.29, 0.717) is 0 Å². The third kappa shape index (κ3) is 5.21. The van der Waals surface area contributed by atoms with Gasteiger partial charge in [-0.25, -0.2) is 17.5 Å². The molecule has 28 heavy (non-hydrogen) atoms. The zero-order valence-corrected chi connectivity index (χ0v) is 16.5. The van der Waals surface area contributed by atoms with Crippen molar-refractivity contribution < 1.29 is 22.3 Å². The Kier molecular flexibility index (Phi) is 6.53. The largest absolute Gasteiger partial charge is 0.482 e. The van der Waals surface area contributed by atoms with E-state index in [1.807, 2.05) is 0 Å². The van der Waals surface area contributed by atoms with E-state index in [-0.39, 0.29) is 27.4 Å². The number of sulfonamides is 1. The molecule has 0 heterocycles. The van der Waals surface area contributed by atoms with Gasteiger partial charge in [0.15, 0.2) is 6.61 Å². The van der Waals surface area contributed by atoms with Crippen LogP contribution in [0.15, 0.2) is 47.4 Å². The van der Waals surface area contributed by atoms with E-state index in [2.05, 4.69) is 10.0 Å². The summed E-state index contributed by atoms with van der Waals surface area (Å²) in [5.74, 6) is -0.968. The molecule has 2 aromatic rings. The summed E-state index contributed by atoms with van der Waals surface area (Å²) in [5.41, 5.74) is 0.0432. The van der Waals surface area contributed by atoms with Crippen molar-refractivity contribution in [3.05, 3.63) is 53.3 Å². The lowest BCUT2D eigenvalue weighted by Crippen LogP contribution is -2.32. The number of anilines is 1. The molecule has 9 heteroatoms. The van der Waals surface area contributed by atoms with Crippen molar-refractivity contribution in [2.75, 3.05) is 11.9 Å². The zero-order chi connectivity index (χ0) is 20.1. The Morgan fingerprint density at radius 3 is 2.57 bits per heavy atom. The molecule has 0 saturated heterocycles. The second-order valence-corrected chi connectivity index (χ2v) is 8.63. The van der Waals surface area contributed by atoms with Crippen LogP contribution >= 0.6 is 11.6 Å². The summed E-state index contributed by atoms with van der Waals surface area (Å²) in [6.07, 6.45) is 3.67. The average molecular weight is 427 g/mol. The monoisotopic (exact) mass is 426 g/mol. The average Bonchev–Trinajstić information content (AvgIpc) is 3.15. The van der Waals surface area contributed by atoms with Crippen LogP contribution in [0.1, 0.15) is 25.7 Å². The molecule has 0 unspecified atom stereocenters. The molecule has 1 aliphatic carbocycles. The van der Waals surface area contributed by atoms with E-state index in [0.717, 1.165) is 25.7 Å². The number of hydrogen-bond donors (Lipinski definition) is 2. The molecule has 0 aliphatic heterocycles. The van der Waals surface area contributed by atoms with E-state index >= 15 is 0 Å². The van der Waals surface area contributed by atoms with Gasteiger partial charge in [-0.15, -0.1) is 0 Å². The summed E-state index contributed by atoms with van der Waals surface area (Å²) in [7, 11) is -3.67. The topological polar surface area (TPSA) is 84.5 Å². The molecular formula is C19H20ClFN2O4S. The van der Waals surface area contributed by atoms with Crippen molar-refractivity contribution in [3.8, 4) is 5.75 Å². The molecule has 0 bridgehead atoms. The minimum absolute atomic E-state index is 0.0348. The van der Waals surface area contributed by atoms with Crippen LogP contribution in [0, 0.1) is 5.82 Å². The van der Waals surface area contributed by atoms with Crippen LogP contribution in [0.25, 0.3) is 0 Å². The Morgan fingerprint density at radius 1 is 1.18 bits per heavy atom. The first-order valence-electron chi connectivity index (χ1n) is 8.84. The van der Waals surface area contributed by atoms with Gasteiger partial charge in [0.2, 0.25) is 10.0 Å². The predicted molar refractivity (Wildman–Crippen MR) is 105 cm³/mol. The molecule has 1 aliphatic rings. The highest BCUT2D eigenvalue weighted by atomic mass is 35.5. The van der Waals surface area contributed by atoms with Crippen molar-refractivity contribution in [2.24, 2.45) is 0 Å². The second kappa shape index (κ2) is 8.89. The number of halogens is 2. The third-order valence-electron chi connectivity index (χ3n) is 4.40. The lowest BCUT2D eigenvalue weighted by Gasteiger charge is -2.14. The smallest absolute Gasteiger partial charge is 0.262 e. The molecule has 0 aromatic heterocycles. The summed E-state index contributed by atoms with van der Waals surface area (Å²) < 4.78 is 46.4. The van der Waals surface area contributed by atoms with E-state index in [9.17, 15) is 17.6 Å². The summed E-state index contributed by atoms with van der Waals surface area (Å²) in [6.45, 7) is -0.402. The molecule has 1 fully saturated rings. The highest BCUT2D eigenvalue weighted by Gasteiger charge is 2.23. The van der Waals surface area contributed by atoms with Gasteiger partial charge < -0.3 is 10.1 Å². The van der Waals surface area contributed by atoms with Crippen LogP contribution in [0.4, 0.5) is 10.1 Å². The van der Waals surface area contributed by atoms with Gasteiger partial charge in [0, 0.05) is 6.04 Å². The first kappa shape index (κ1) is 20.6. The van der Waals surface area contributed by atoms with Crippen LogP contribution in [0.3, 0.4) is 0 Å². The predicted octanol–water partition coefficient (Wildman–Crippen LogP) is 3.72. The highest BCUT2D eigenvalue weighted by Crippen LogP contribution is 2.28. The first-order chi connectivity index (χ1) is 13.3. The van der Waals surface area contributed by atoms with Gasteiger partial charge in [-0.3, -0.25) is 4.79 Å². The quantitative estimate of drug-likeness (QED) is 0.706. The number of rotatable bonds is 7. The van der Waals surface area contributed by atoms with Crippen molar-refractivity contribution in [3.63, 3.8) is 0 Å². The standard InChI is InChI=1S/C19H20ClFN2O4S/c20-15-11-14(28(25,26)23-13-5-1-2-6-13)9-10-18(15)27-12-19(24)22-17-8-4-3-7-16(17)21/h3-4,7-11,13,23H,1-2,5-6,12H2,(H,22,24). The molecule has 0 atom stereocenters. The van der Waals surface area contributed by atoms with Crippen molar-refractivity contribution in [1.29, 1.82) is 0 Å². The summed E-state index contributed by atoms with van der Waals surface area (Å²) in [4.78, 5) is 12.0. The van der Waals surface area contributed by atoms with Crippen LogP contribution in [0.2, 0.25) is 5.02 Å². The fraction of sp³-hybridized carbons (Fsp3) is 0.316. The normalized spacial score (nSPS) is 14.8. The number of hydrogen-bond acceptors (Lipinski definition) is 4. The Balaban J connectivity index is 1.61. The molecule has 0 spiro atoms. The molecule has 1 saturated carbocycles. The molecular weight excluding hydrogens is 407 g/mol. The Hall–Kier alpha value is -2.16. The van der Waals surface area contributed by atoms with Gasteiger partial charge >= 0.3 is 0 Å². The molecule has 6 nitrogen and oxygen atoms in total. The Bertz CT molecular complexity index is 962. The van der Waals surface area contributed by atoms with Gasteiger partial charge in [-0.05, 0) is 43.2 Å². The fourth-order valence-corrected chi connectivity index (χ4v) is 4.62. The number of para-hydroxylation sites is 1. The number of amides is 1. The van der Waals surface area contributed by atoms with Crippen molar-refractivity contribution in [2.45, 2.75) is 36.6 Å². The number of nitrogens with one attached hydrogen (secondary N) is 2. The van der Waals surface area contributed by atoms with E-state index in [4.69, 9.17) is 16.3 Å². The first-order valence-corrected chi connectivity index (χ1v) is 10.7. The van der Waals surface area contributed by atoms with Gasteiger partial charge in [0.05, 0.1) is 15.6 Å². The van der Waals surface area contributed by atoms with Crippen LogP contribution in [-0.4, -0.2) is 27.0 Å². The van der Waals surface area contributed by atoms with Crippen LogP contribution in [0.5, 0.6) is 5.75 Å².